The van der Waals surface area contributed by atoms with E-state index in [4.69, 9.17) is 23.7 Å². The van der Waals surface area contributed by atoms with Crippen molar-refractivity contribution in [2.75, 3.05) is 31.9 Å². The highest BCUT2D eigenvalue weighted by atomic mass is 16.7. The molecule has 3 aromatic carbocycles. The van der Waals surface area contributed by atoms with Gasteiger partial charge in [-0.25, -0.2) is 5.43 Å². The number of nitrogens with one attached hydrogen (secondary N) is 3. The van der Waals surface area contributed by atoms with Crippen molar-refractivity contribution in [2.24, 2.45) is 5.10 Å². The predicted octanol–water partition coefficient (Wildman–Crippen LogP) is 3.00. The van der Waals surface area contributed by atoms with Crippen LogP contribution in [0.15, 0.2) is 65.8 Å². The molecule has 12 nitrogen and oxygen atoms in total. The molecule has 0 aromatic heterocycles. The van der Waals surface area contributed by atoms with Crippen LogP contribution in [0.5, 0.6) is 28.7 Å². The van der Waals surface area contributed by atoms with Crippen molar-refractivity contribution in [3.63, 3.8) is 0 Å². The molecule has 4 rings (SSSR count). The summed E-state index contributed by atoms with van der Waals surface area (Å²) in [7, 11) is 0. The lowest BCUT2D eigenvalue weighted by atomic mass is 10.2. The van der Waals surface area contributed by atoms with Crippen LogP contribution in [0.4, 0.5) is 5.69 Å². The Hall–Kier alpha value is -5.26. The van der Waals surface area contributed by atoms with Crippen LogP contribution in [0.1, 0.15) is 25.0 Å². The summed E-state index contributed by atoms with van der Waals surface area (Å²) >= 11 is 0. The Morgan fingerprint density at radius 1 is 0.854 bits per heavy atom. The summed E-state index contributed by atoms with van der Waals surface area (Å²) in [6.45, 7) is 4.66. The average Bonchev–Trinajstić information content (AvgIpc) is 3.45. The number of carbonyl (C=O) groups excluding carboxylic acids is 3. The number of ether oxygens (including phenoxy) is 5. The Morgan fingerprint density at radius 2 is 1.63 bits per heavy atom. The van der Waals surface area contributed by atoms with Crippen LogP contribution in [0.2, 0.25) is 0 Å². The molecule has 41 heavy (non-hydrogen) atoms. The molecule has 0 spiro atoms. The van der Waals surface area contributed by atoms with Gasteiger partial charge in [-0.1, -0.05) is 6.07 Å². The van der Waals surface area contributed by atoms with Crippen LogP contribution >= 0.6 is 0 Å². The molecular formula is C29H30N4O8. The fourth-order valence-electron chi connectivity index (χ4n) is 3.66. The second-order valence-electron chi connectivity index (χ2n) is 8.50. The van der Waals surface area contributed by atoms with E-state index in [1.807, 2.05) is 13.8 Å². The summed E-state index contributed by atoms with van der Waals surface area (Å²) in [5.41, 5.74) is 4.12. The van der Waals surface area contributed by atoms with E-state index in [1.54, 1.807) is 60.7 Å². The number of hydrogen-bond donors (Lipinski definition) is 3. The van der Waals surface area contributed by atoms with E-state index in [2.05, 4.69) is 21.2 Å². The number of rotatable bonds is 12. The van der Waals surface area contributed by atoms with E-state index >= 15 is 0 Å². The van der Waals surface area contributed by atoms with E-state index in [0.717, 1.165) is 5.56 Å². The fourth-order valence-corrected chi connectivity index (χ4v) is 3.66. The van der Waals surface area contributed by atoms with Crippen molar-refractivity contribution in [1.82, 2.24) is 10.7 Å². The molecule has 3 amide bonds. The van der Waals surface area contributed by atoms with Gasteiger partial charge in [-0.3, -0.25) is 14.4 Å². The molecule has 1 aliphatic heterocycles. The molecule has 214 valence electrons. The summed E-state index contributed by atoms with van der Waals surface area (Å²) in [6, 6.07) is 17.2. The number of benzene rings is 3. The number of amides is 3. The maximum Gasteiger partial charge on any atom is 0.329 e. The molecule has 0 aliphatic carbocycles. The van der Waals surface area contributed by atoms with Crippen LogP contribution < -0.4 is 39.7 Å². The number of hydrogen-bond acceptors (Lipinski definition) is 9. The Kier molecular flexibility index (Phi) is 9.97. The highest BCUT2D eigenvalue weighted by Crippen LogP contribution is 2.32. The first-order chi connectivity index (χ1) is 19.9. The van der Waals surface area contributed by atoms with E-state index in [1.165, 1.54) is 6.21 Å². The third-order valence-electron chi connectivity index (χ3n) is 5.55. The van der Waals surface area contributed by atoms with Crippen LogP contribution in [0, 0.1) is 0 Å². The van der Waals surface area contributed by atoms with Crippen molar-refractivity contribution < 1.29 is 38.1 Å². The zero-order valence-corrected chi connectivity index (χ0v) is 22.6. The van der Waals surface area contributed by atoms with Crippen LogP contribution in [-0.2, 0) is 20.9 Å². The average molecular weight is 563 g/mol. The van der Waals surface area contributed by atoms with Gasteiger partial charge in [0.25, 0.3) is 5.91 Å². The Labute approximate surface area is 236 Å². The molecule has 0 atom stereocenters. The lowest BCUT2D eigenvalue weighted by Crippen LogP contribution is -2.37. The molecule has 1 aliphatic rings. The molecule has 0 saturated carbocycles. The van der Waals surface area contributed by atoms with Gasteiger partial charge in [-0.05, 0) is 79.6 Å². The van der Waals surface area contributed by atoms with Crippen molar-refractivity contribution in [1.29, 1.82) is 0 Å². The summed E-state index contributed by atoms with van der Waals surface area (Å²) in [5, 5.41) is 9.12. The molecule has 0 fully saturated rings. The molecule has 3 N–H and O–H groups in total. The first kappa shape index (κ1) is 28.7. The Morgan fingerprint density at radius 3 is 2.41 bits per heavy atom. The normalized spacial score (nSPS) is 11.6. The van der Waals surface area contributed by atoms with Gasteiger partial charge in [-0.15, -0.1) is 0 Å². The van der Waals surface area contributed by atoms with Gasteiger partial charge in [0.2, 0.25) is 6.79 Å². The lowest BCUT2D eigenvalue weighted by molar-refractivity contribution is -0.139. The van der Waals surface area contributed by atoms with Crippen molar-refractivity contribution >= 4 is 29.6 Å². The topological polar surface area (TPSA) is 146 Å². The number of anilines is 1. The van der Waals surface area contributed by atoms with Crippen molar-refractivity contribution in [2.45, 2.75) is 20.4 Å². The monoisotopic (exact) mass is 562 g/mol. The zero-order chi connectivity index (χ0) is 29.0. The molecule has 12 heteroatoms. The number of hydrazone groups is 1. The standard InChI is InChI=1S/C29H30N4O8/c1-3-37-22-9-7-21(8-10-22)32-27(34)17-39-23-11-6-20(14-25(23)38-4-2)16-31-33-29(36)28(35)30-15-19-5-12-24-26(13-19)41-18-40-24/h5-14,16H,3-4,15,17-18H2,1-2H3,(H,30,35)(H,32,34)(H,33,36)/b31-16-. The maximum absolute atomic E-state index is 12.4. The molecule has 0 saturated heterocycles. The van der Waals surface area contributed by atoms with Gasteiger partial charge in [0.15, 0.2) is 29.6 Å². The Bertz CT molecular complexity index is 1410. The minimum atomic E-state index is -0.925. The molecule has 3 aromatic rings. The van der Waals surface area contributed by atoms with Gasteiger partial charge in [0, 0.05) is 12.2 Å². The van der Waals surface area contributed by atoms with Crippen LogP contribution in [0.25, 0.3) is 0 Å². The highest BCUT2D eigenvalue weighted by molar-refractivity contribution is 6.35. The van der Waals surface area contributed by atoms with Crippen LogP contribution in [0.3, 0.4) is 0 Å². The summed E-state index contributed by atoms with van der Waals surface area (Å²) in [5.74, 6) is 0.558. The smallest absolute Gasteiger partial charge is 0.329 e. The minimum Gasteiger partial charge on any atom is -0.494 e. The predicted molar refractivity (Wildman–Crippen MR) is 149 cm³/mol. The molecule has 1 heterocycles. The Balaban J connectivity index is 1.25. The first-order valence-electron chi connectivity index (χ1n) is 12.9. The largest absolute Gasteiger partial charge is 0.494 e. The number of carbonyl (C=O) groups is 3. The lowest BCUT2D eigenvalue weighted by Gasteiger charge is -2.13. The quantitative estimate of drug-likeness (QED) is 0.174. The number of fused-ring (bicyclic) bond motifs is 1. The van der Waals surface area contributed by atoms with Gasteiger partial charge >= 0.3 is 11.8 Å². The van der Waals surface area contributed by atoms with Gasteiger partial charge in [0.1, 0.15) is 5.75 Å². The van der Waals surface area contributed by atoms with E-state index in [9.17, 15) is 14.4 Å². The van der Waals surface area contributed by atoms with E-state index in [-0.39, 0.29) is 25.9 Å². The van der Waals surface area contributed by atoms with Gasteiger partial charge in [0.05, 0.1) is 19.4 Å². The maximum atomic E-state index is 12.4. The molecule has 0 bridgehead atoms. The fraction of sp³-hybridized carbons (Fsp3) is 0.241. The first-order valence-corrected chi connectivity index (χ1v) is 12.9. The second kappa shape index (κ2) is 14.2. The van der Waals surface area contributed by atoms with E-state index in [0.29, 0.717) is 53.2 Å². The second-order valence-corrected chi connectivity index (χ2v) is 8.50. The summed E-state index contributed by atoms with van der Waals surface area (Å²) in [4.78, 5) is 36.6. The summed E-state index contributed by atoms with van der Waals surface area (Å²) < 4.78 is 27.2. The van der Waals surface area contributed by atoms with Gasteiger partial charge < -0.3 is 34.3 Å². The third-order valence-corrected chi connectivity index (χ3v) is 5.55. The minimum absolute atomic E-state index is 0.129. The van der Waals surface area contributed by atoms with Crippen molar-refractivity contribution in [3.8, 4) is 28.7 Å². The van der Waals surface area contributed by atoms with E-state index < -0.39 is 11.8 Å². The molecular weight excluding hydrogens is 532 g/mol. The van der Waals surface area contributed by atoms with Crippen LogP contribution in [-0.4, -0.2) is 50.5 Å². The zero-order valence-electron chi connectivity index (χ0n) is 22.6. The molecule has 0 unspecified atom stereocenters. The van der Waals surface area contributed by atoms with Gasteiger partial charge in [-0.2, -0.15) is 5.10 Å². The summed E-state index contributed by atoms with van der Waals surface area (Å²) in [6.07, 6.45) is 1.36. The SMILES string of the molecule is CCOc1ccc(NC(=O)COc2ccc(/C=N\NC(=O)C(=O)NCc3ccc4c(c3)OCO4)cc2OCC)cc1. The molecule has 0 radical (unpaired) electrons. The third kappa shape index (κ3) is 8.36. The van der Waals surface area contributed by atoms with Crippen molar-refractivity contribution in [3.05, 3.63) is 71.8 Å². The number of nitrogens with zero attached hydrogens (tertiary/aromatic N) is 1. The highest BCUT2D eigenvalue weighted by Gasteiger charge is 2.16.